The lowest BCUT2D eigenvalue weighted by molar-refractivity contribution is -0.122. The minimum atomic E-state index is -0.810. The molecule has 1 saturated heterocycles. The number of thiazole rings is 1. The maximum absolute atomic E-state index is 14.0. The zero-order valence-corrected chi connectivity index (χ0v) is 24.4. The zero-order chi connectivity index (χ0) is 28.8. The minimum Gasteiger partial charge on any atom is -0.483 e. The number of rotatable bonds is 6. The summed E-state index contributed by atoms with van der Waals surface area (Å²) in [5, 5.41) is 2.98. The fourth-order valence-electron chi connectivity index (χ4n) is 5.17. The Bertz CT molecular complexity index is 1730. The highest BCUT2D eigenvalue weighted by Gasteiger charge is 2.56. The fraction of sp³-hybridized carbons (Fsp3) is 0.200. The van der Waals surface area contributed by atoms with Crippen LogP contribution in [-0.4, -0.2) is 34.6 Å². The van der Waals surface area contributed by atoms with E-state index in [0.717, 1.165) is 22.5 Å². The second-order valence-electron chi connectivity index (χ2n) is 9.98. The number of aromatic nitrogens is 1. The maximum Gasteiger partial charge on any atom is 0.305 e. The van der Waals surface area contributed by atoms with Gasteiger partial charge in [-0.25, -0.2) is 4.90 Å². The summed E-state index contributed by atoms with van der Waals surface area (Å²) in [4.78, 5) is 57.2. The SMILES string of the molecule is Cc1ccc(NC(=O)COc2ccc(Cl)cc2C2c3sc(=O)[nH]c3SC3C(=O)N(c4ccc(C)cc4)C(=O)C32)cc1. The first-order valence-corrected chi connectivity index (χ1v) is 14.9. The average molecular weight is 606 g/mol. The van der Waals surface area contributed by atoms with E-state index in [9.17, 15) is 19.2 Å². The Hall–Kier alpha value is -3.86. The van der Waals surface area contributed by atoms with Crippen molar-refractivity contribution in [1.29, 1.82) is 0 Å². The van der Waals surface area contributed by atoms with E-state index < -0.39 is 17.1 Å². The zero-order valence-electron chi connectivity index (χ0n) is 22.0. The molecule has 3 amide bonds. The summed E-state index contributed by atoms with van der Waals surface area (Å²) in [5.41, 5.74) is 3.73. The van der Waals surface area contributed by atoms with E-state index in [1.807, 2.05) is 38.1 Å². The van der Waals surface area contributed by atoms with Crippen LogP contribution < -0.4 is 19.8 Å². The number of carbonyl (C=O) groups excluding carboxylic acids is 3. The molecule has 8 nitrogen and oxygen atoms in total. The Morgan fingerprint density at radius 3 is 2.37 bits per heavy atom. The van der Waals surface area contributed by atoms with Crippen molar-refractivity contribution in [2.75, 3.05) is 16.8 Å². The van der Waals surface area contributed by atoms with Gasteiger partial charge in [0.25, 0.3) is 5.91 Å². The molecule has 0 aliphatic carbocycles. The predicted molar refractivity (Wildman–Crippen MR) is 160 cm³/mol. The van der Waals surface area contributed by atoms with Gasteiger partial charge in [0.15, 0.2) is 6.61 Å². The lowest BCUT2D eigenvalue weighted by Gasteiger charge is -2.31. The van der Waals surface area contributed by atoms with Crippen LogP contribution in [0, 0.1) is 19.8 Å². The van der Waals surface area contributed by atoms with E-state index in [-0.39, 0.29) is 29.2 Å². The van der Waals surface area contributed by atoms with Crippen molar-refractivity contribution in [2.45, 2.75) is 30.0 Å². The lowest BCUT2D eigenvalue weighted by atomic mass is 9.82. The Morgan fingerprint density at radius 1 is 0.976 bits per heavy atom. The van der Waals surface area contributed by atoms with Crippen molar-refractivity contribution in [3.63, 3.8) is 0 Å². The Labute approximate surface area is 248 Å². The third kappa shape index (κ3) is 5.18. The average Bonchev–Trinajstić information content (AvgIpc) is 3.44. The molecule has 41 heavy (non-hydrogen) atoms. The number of hydrogen-bond donors (Lipinski definition) is 2. The van der Waals surface area contributed by atoms with Gasteiger partial charge in [0.2, 0.25) is 11.8 Å². The number of fused-ring (bicyclic) bond motifs is 2. The van der Waals surface area contributed by atoms with E-state index in [1.165, 1.54) is 16.7 Å². The molecule has 3 unspecified atom stereocenters. The van der Waals surface area contributed by atoms with Gasteiger partial charge in [0, 0.05) is 27.1 Å². The van der Waals surface area contributed by atoms with Gasteiger partial charge in [-0.1, -0.05) is 70.1 Å². The maximum atomic E-state index is 14.0. The third-order valence-electron chi connectivity index (χ3n) is 7.12. The number of benzene rings is 3. The number of aromatic amines is 1. The highest BCUT2D eigenvalue weighted by atomic mass is 35.5. The van der Waals surface area contributed by atoms with Gasteiger partial charge in [-0.2, -0.15) is 0 Å². The van der Waals surface area contributed by atoms with Crippen molar-refractivity contribution < 1.29 is 19.1 Å². The van der Waals surface area contributed by atoms with E-state index in [2.05, 4.69) is 10.3 Å². The second kappa shape index (κ2) is 10.8. The summed E-state index contributed by atoms with van der Waals surface area (Å²) in [7, 11) is 0. The molecule has 1 aromatic heterocycles. The summed E-state index contributed by atoms with van der Waals surface area (Å²) in [6.45, 7) is 3.59. The quantitative estimate of drug-likeness (QED) is 0.280. The van der Waals surface area contributed by atoms with Crippen molar-refractivity contribution in [1.82, 2.24) is 4.98 Å². The fourth-order valence-corrected chi connectivity index (χ4v) is 7.86. The van der Waals surface area contributed by atoms with Crippen LogP contribution in [0.3, 0.4) is 0 Å². The Morgan fingerprint density at radius 2 is 1.66 bits per heavy atom. The molecule has 0 spiro atoms. The Balaban J connectivity index is 1.36. The summed E-state index contributed by atoms with van der Waals surface area (Å²) in [5.74, 6) is -2.24. The van der Waals surface area contributed by atoms with Gasteiger partial charge in [-0.05, 0) is 56.3 Å². The highest BCUT2D eigenvalue weighted by Crippen LogP contribution is 2.54. The van der Waals surface area contributed by atoms with Gasteiger partial charge in [-0.3, -0.25) is 19.2 Å². The topological polar surface area (TPSA) is 109 Å². The standard InChI is InChI=1S/C30H24ClN3O5S2/c1-15-3-8-18(9-4-15)32-22(35)14-39-21-12-7-17(31)13-20(21)23-24-26(40-27-25(23)41-30(38)33-27)29(37)34(28(24)36)19-10-5-16(2)6-11-19/h3-13,23-24,26H,14H2,1-2H3,(H,32,35)(H,33,38). The number of anilines is 2. The molecule has 4 aromatic rings. The Kier molecular flexibility index (Phi) is 7.23. The molecular formula is C30H24ClN3O5S2. The summed E-state index contributed by atoms with van der Waals surface area (Å²) < 4.78 is 5.99. The molecular weight excluding hydrogens is 582 g/mol. The first kappa shape index (κ1) is 27.3. The number of amides is 3. The van der Waals surface area contributed by atoms with Crippen molar-refractivity contribution in [3.8, 4) is 5.75 Å². The monoisotopic (exact) mass is 605 g/mol. The van der Waals surface area contributed by atoms with Gasteiger partial charge in [0.1, 0.15) is 11.0 Å². The number of aryl methyl sites for hydroxylation is 2. The van der Waals surface area contributed by atoms with E-state index in [0.29, 0.717) is 37.6 Å². The van der Waals surface area contributed by atoms with Crippen molar-refractivity contribution in [2.24, 2.45) is 5.92 Å². The van der Waals surface area contributed by atoms with Crippen LogP contribution in [0.2, 0.25) is 5.02 Å². The van der Waals surface area contributed by atoms with E-state index >= 15 is 0 Å². The third-order valence-corrected chi connectivity index (χ3v) is 9.75. The number of hydrogen-bond acceptors (Lipinski definition) is 7. The smallest absolute Gasteiger partial charge is 0.305 e. The minimum absolute atomic E-state index is 0.287. The van der Waals surface area contributed by atoms with Gasteiger partial charge < -0.3 is 15.0 Å². The summed E-state index contributed by atoms with van der Waals surface area (Å²) in [6, 6.07) is 19.5. The molecule has 3 atom stereocenters. The molecule has 3 heterocycles. The van der Waals surface area contributed by atoms with Crippen molar-refractivity contribution >= 4 is 63.8 Å². The number of ether oxygens (including phenoxy) is 1. The largest absolute Gasteiger partial charge is 0.483 e. The number of nitrogens with one attached hydrogen (secondary N) is 2. The predicted octanol–water partition coefficient (Wildman–Crippen LogP) is 5.52. The number of thioether (sulfide) groups is 1. The molecule has 3 aromatic carbocycles. The summed E-state index contributed by atoms with van der Waals surface area (Å²) >= 11 is 8.62. The molecule has 2 N–H and O–H groups in total. The van der Waals surface area contributed by atoms with Crippen LogP contribution in [0.4, 0.5) is 11.4 Å². The molecule has 0 saturated carbocycles. The summed E-state index contributed by atoms with van der Waals surface area (Å²) in [6.07, 6.45) is 0. The first-order chi connectivity index (χ1) is 19.7. The normalized spacial score (nSPS) is 19.6. The second-order valence-corrected chi connectivity index (χ2v) is 12.6. The van der Waals surface area contributed by atoms with Crippen molar-refractivity contribution in [3.05, 3.63) is 103 Å². The van der Waals surface area contributed by atoms with Crippen LogP contribution >= 0.6 is 34.7 Å². The molecule has 11 heteroatoms. The van der Waals surface area contributed by atoms with Gasteiger partial charge >= 0.3 is 4.87 Å². The van der Waals surface area contributed by atoms with E-state index in [1.54, 1.807) is 42.5 Å². The van der Waals surface area contributed by atoms with Crippen LogP contribution in [-0.2, 0) is 14.4 Å². The molecule has 2 aliphatic rings. The van der Waals surface area contributed by atoms with E-state index in [4.69, 9.17) is 16.3 Å². The van der Waals surface area contributed by atoms with Crippen LogP contribution in [0.25, 0.3) is 0 Å². The number of imide groups is 1. The first-order valence-electron chi connectivity index (χ1n) is 12.8. The molecule has 208 valence electrons. The molecule has 0 bridgehead atoms. The van der Waals surface area contributed by atoms with Crippen LogP contribution in [0.1, 0.15) is 27.5 Å². The van der Waals surface area contributed by atoms with Crippen LogP contribution in [0.5, 0.6) is 5.75 Å². The number of nitrogens with zero attached hydrogens (tertiary/aromatic N) is 1. The van der Waals surface area contributed by atoms with Gasteiger partial charge in [0.05, 0.1) is 16.6 Å². The molecule has 2 aliphatic heterocycles. The van der Waals surface area contributed by atoms with Gasteiger partial charge in [-0.15, -0.1) is 0 Å². The molecule has 6 rings (SSSR count). The number of carbonyl (C=O) groups is 3. The lowest BCUT2D eigenvalue weighted by Crippen LogP contribution is -2.32. The molecule has 0 radical (unpaired) electrons. The number of halogens is 1. The van der Waals surface area contributed by atoms with Crippen LogP contribution in [0.15, 0.2) is 76.6 Å². The highest BCUT2D eigenvalue weighted by molar-refractivity contribution is 8.00. The molecule has 1 fully saturated rings. The number of H-pyrrole nitrogens is 1.